The van der Waals surface area contributed by atoms with Gasteiger partial charge in [0.05, 0.1) is 6.42 Å². The van der Waals surface area contributed by atoms with E-state index in [-0.39, 0.29) is 18.1 Å². The minimum absolute atomic E-state index is 0.0773. The molecule has 4 rings (SSSR count). The highest BCUT2D eigenvalue weighted by Gasteiger charge is 2.18. The van der Waals surface area contributed by atoms with Gasteiger partial charge in [-0.15, -0.1) is 10.2 Å². The van der Waals surface area contributed by atoms with E-state index in [4.69, 9.17) is 0 Å². The molecule has 0 spiro atoms. The molecule has 0 radical (unpaired) electrons. The summed E-state index contributed by atoms with van der Waals surface area (Å²) in [6.07, 6.45) is 1.75. The average Bonchev–Trinajstić information content (AvgIpc) is 3.03. The Balaban J connectivity index is 1.26. The van der Waals surface area contributed by atoms with Gasteiger partial charge in [0.15, 0.2) is 0 Å². The van der Waals surface area contributed by atoms with Crippen LogP contribution in [0.25, 0.3) is 0 Å². The third kappa shape index (κ3) is 5.76. The van der Waals surface area contributed by atoms with Crippen molar-refractivity contribution in [1.82, 2.24) is 25.0 Å². The van der Waals surface area contributed by atoms with Crippen LogP contribution >= 0.6 is 0 Å². The lowest BCUT2D eigenvalue weighted by atomic mass is 10.1. The quantitative estimate of drug-likeness (QED) is 0.637. The molecule has 1 amide bonds. The second kappa shape index (κ2) is 9.83. The van der Waals surface area contributed by atoms with Crippen LogP contribution in [-0.4, -0.2) is 45.2 Å². The fourth-order valence-corrected chi connectivity index (χ4v) is 3.89. The summed E-state index contributed by atoms with van der Waals surface area (Å²) < 4.78 is 15.2. The summed E-state index contributed by atoms with van der Waals surface area (Å²) in [5, 5.41) is 11.7. The summed E-state index contributed by atoms with van der Waals surface area (Å²) in [5.41, 5.74) is 3.40. The van der Waals surface area contributed by atoms with Crippen LogP contribution < -0.4 is 5.32 Å². The van der Waals surface area contributed by atoms with Crippen LogP contribution in [-0.2, 0) is 37.1 Å². The van der Waals surface area contributed by atoms with Crippen LogP contribution in [0.15, 0.2) is 48.5 Å². The molecule has 3 aromatic rings. The number of carbonyl (C=O) groups is 1. The number of aryl methyl sites for hydroxylation is 1. The maximum absolute atomic E-state index is 13.0. The van der Waals surface area contributed by atoms with E-state index in [1.54, 1.807) is 12.1 Å². The highest BCUT2D eigenvalue weighted by molar-refractivity contribution is 5.78. The minimum atomic E-state index is -0.297. The Kier molecular flexibility index (Phi) is 6.72. The maximum Gasteiger partial charge on any atom is 0.224 e. The standard InChI is InChI=1S/C24H28FN5O/c1-18-2-4-20(5-3-18)17-29-13-11-23-28-27-22(30(23)15-14-29)10-12-26-24(31)16-19-6-8-21(25)9-7-19/h2-9H,10-17H2,1H3,(H,26,31). The highest BCUT2D eigenvalue weighted by atomic mass is 19.1. The number of nitrogens with one attached hydrogen (secondary N) is 1. The fraction of sp³-hybridized carbons (Fsp3) is 0.375. The molecule has 2 heterocycles. The first-order valence-electron chi connectivity index (χ1n) is 10.8. The maximum atomic E-state index is 13.0. The van der Waals surface area contributed by atoms with Gasteiger partial charge < -0.3 is 9.88 Å². The van der Waals surface area contributed by atoms with Crippen LogP contribution in [0.3, 0.4) is 0 Å². The first-order chi connectivity index (χ1) is 15.1. The summed E-state index contributed by atoms with van der Waals surface area (Å²) in [6, 6.07) is 14.7. The van der Waals surface area contributed by atoms with Gasteiger partial charge in [-0.3, -0.25) is 9.69 Å². The monoisotopic (exact) mass is 421 g/mol. The van der Waals surface area contributed by atoms with Crippen molar-refractivity contribution in [2.45, 2.75) is 39.3 Å². The SMILES string of the molecule is Cc1ccc(CN2CCc3nnc(CCNC(=O)Cc4ccc(F)cc4)n3CC2)cc1. The van der Waals surface area contributed by atoms with Gasteiger partial charge in [0.2, 0.25) is 5.91 Å². The smallest absolute Gasteiger partial charge is 0.224 e. The molecule has 1 aromatic heterocycles. The second-order valence-electron chi connectivity index (χ2n) is 8.10. The molecule has 0 aliphatic carbocycles. The van der Waals surface area contributed by atoms with E-state index in [2.05, 4.69) is 56.2 Å². The lowest BCUT2D eigenvalue weighted by Gasteiger charge is -2.19. The summed E-state index contributed by atoms with van der Waals surface area (Å²) in [5.74, 6) is 1.55. The first-order valence-corrected chi connectivity index (χ1v) is 10.8. The molecule has 0 unspecified atom stereocenters. The Morgan fingerprint density at radius 2 is 1.74 bits per heavy atom. The lowest BCUT2D eigenvalue weighted by Crippen LogP contribution is -2.28. The Morgan fingerprint density at radius 3 is 2.52 bits per heavy atom. The second-order valence-corrected chi connectivity index (χ2v) is 8.10. The van der Waals surface area contributed by atoms with Crippen LogP contribution in [0, 0.1) is 12.7 Å². The van der Waals surface area contributed by atoms with Crippen LogP contribution in [0.2, 0.25) is 0 Å². The Bertz CT molecular complexity index is 1010. The largest absolute Gasteiger partial charge is 0.355 e. The van der Waals surface area contributed by atoms with E-state index in [0.29, 0.717) is 13.0 Å². The van der Waals surface area contributed by atoms with Gasteiger partial charge in [-0.2, -0.15) is 0 Å². The van der Waals surface area contributed by atoms with E-state index >= 15 is 0 Å². The number of carbonyl (C=O) groups excluding carboxylic acids is 1. The predicted molar refractivity (Wildman–Crippen MR) is 117 cm³/mol. The summed E-state index contributed by atoms with van der Waals surface area (Å²) in [7, 11) is 0. The van der Waals surface area contributed by atoms with E-state index in [1.165, 1.54) is 23.3 Å². The predicted octanol–water partition coefficient (Wildman–Crippen LogP) is 2.69. The number of hydrogen-bond acceptors (Lipinski definition) is 4. The molecule has 0 bridgehead atoms. The number of rotatable bonds is 7. The van der Waals surface area contributed by atoms with Crippen molar-refractivity contribution in [2.75, 3.05) is 19.6 Å². The van der Waals surface area contributed by atoms with Crippen molar-refractivity contribution in [3.05, 3.63) is 82.7 Å². The minimum Gasteiger partial charge on any atom is -0.355 e. The molecule has 1 aliphatic rings. The summed E-state index contributed by atoms with van der Waals surface area (Å²) in [6.45, 7) is 6.31. The number of benzene rings is 2. The van der Waals surface area contributed by atoms with Crippen molar-refractivity contribution in [3.8, 4) is 0 Å². The van der Waals surface area contributed by atoms with Crippen molar-refractivity contribution >= 4 is 5.91 Å². The van der Waals surface area contributed by atoms with Crippen LogP contribution in [0.5, 0.6) is 0 Å². The Labute approximate surface area is 182 Å². The van der Waals surface area contributed by atoms with Gasteiger partial charge in [0.1, 0.15) is 17.5 Å². The normalized spacial score (nSPS) is 14.1. The van der Waals surface area contributed by atoms with Crippen molar-refractivity contribution in [1.29, 1.82) is 0 Å². The molecule has 0 saturated carbocycles. The zero-order valence-electron chi connectivity index (χ0n) is 17.9. The topological polar surface area (TPSA) is 63.1 Å². The average molecular weight is 422 g/mol. The number of aromatic nitrogens is 3. The molecule has 1 N–H and O–H groups in total. The fourth-order valence-electron chi connectivity index (χ4n) is 3.89. The van der Waals surface area contributed by atoms with E-state index in [1.807, 2.05) is 0 Å². The van der Waals surface area contributed by atoms with Gasteiger partial charge in [0.25, 0.3) is 0 Å². The van der Waals surface area contributed by atoms with E-state index in [9.17, 15) is 9.18 Å². The molecule has 0 fully saturated rings. The van der Waals surface area contributed by atoms with Crippen molar-refractivity contribution in [2.24, 2.45) is 0 Å². The Morgan fingerprint density at radius 1 is 1.00 bits per heavy atom. The number of hydrogen-bond donors (Lipinski definition) is 1. The van der Waals surface area contributed by atoms with Gasteiger partial charge >= 0.3 is 0 Å². The zero-order valence-corrected chi connectivity index (χ0v) is 17.9. The molecule has 1 aliphatic heterocycles. The van der Waals surface area contributed by atoms with Gasteiger partial charge in [-0.1, -0.05) is 42.0 Å². The third-order valence-corrected chi connectivity index (χ3v) is 5.67. The summed E-state index contributed by atoms with van der Waals surface area (Å²) >= 11 is 0. The van der Waals surface area contributed by atoms with Gasteiger partial charge in [-0.25, -0.2) is 4.39 Å². The first kappa shape index (κ1) is 21.2. The molecular formula is C24H28FN5O. The molecule has 0 saturated heterocycles. The van der Waals surface area contributed by atoms with Crippen molar-refractivity contribution in [3.63, 3.8) is 0 Å². The van der Waals surface area contributed by atoms with Crippen LogP contribution in [0.4, 0.5) is 4.39 Å². The molecule has 2 aromatic carbocycles. The zero-order chi connectivity index (χ0) is 21.6. The van der Waals surface area contributed by atoms with Gasteiger partial charge in [-0.05, 0) is 30.2 Å². The molecule has 162 valence electrons. The van der Waals surface area contributed by atoms with E-state index in [0.717, 1.165) is 49.8 Å². The number of nitrogens with zero attached hydrogens (tertiary/aromatic N) is 4. The molecule has 0 atom stereocenters. The third-order valence-electron chi connectivity index (χ3n) is 5.67. The van der Waals surface area contributed by atoms with Crippen LogP contribution in [0.1, 0.15) is 28.3 Å². The molecule has 6 nitrogen and oxygen atoms in total. The Hall–Kier alpha value is -3.06. The molecule has 7 heteroatoms. The van der Waals surface area contributed by atoms with E-state index < -0.39 is 0 Å². The number of fused-ring (bicyclic) bond motifs is 1. The highest BCUT2D eigenvalue weighted by Crippen LogP contribution is 2.13. The molecular weight excluding hydrogens is 393 g/mol. The van der Waals surface area contributed by atoms with Gasteiger partial charge in [0, 0.05) is 45.6 Å². The lowest BCUT2D eigenvalue weighted by molar-refractivity contribution is -0.120. The molecule has 31 heavy (non-hydrogen) atoms. The summed E-state index contributed by atoms with van der Waals surface area (Å²) in [4.78, 5) is 14.6. The van der Waals surface area contributed by atoms with Crippen molar-refractivity contribution < 1.29 is 9.18 Å². The number of amides is 1. The number of halogens is 1.